The van der Waals surface area contributed by atoms with Crippen molar-refractivity contribution in [3.05, 3.63) is 78.3 Å². The van der Waals surface area contributed by atoms with Crippen molar-refractivity contribution < 1.29 is 4.42 Å². The van der Waals surface area contributed by atoms with E-state index in [0.29, 0.717) is 6.54 Å². The first-order valence-corrected chi connectivity index (χ1v) is 7.32. The van der Waals surface area contributed by atoms with E-state index in [1.165, 1.54) is 11.1 Å². The minimum Gasteiger partial charge on any atom is -0.464 e. The third kappa shape index (κ3) is 3.34. The predicted octanol–water partition coefficient (Wildman–Crippen LogP) is 5.12. The Hall–Kier alpha value is -2.48. The molecule has 0 radical (unpaired) electrons. The quantitative estimate of drug-likeness (QED) is 0.700. The fraction of sp³-hybridized carbons (Fsp3) is 0.158. The van der Waals surface area contributed by atoms with Crippen LogP contribution in [0.4, 0.5) is 5.69 Å². The molecule has 1 N–H and O–H groups in total. The first-order chi connectivity index (χ1) is 10.3. The van der Waals surface area contributed by atoms with E-state index >= 15 is 0 Å². The highest BCUT2D eigenvalue weighted by molar-refractivity contribution is 5.65. The number of rotatable bonds is 5. The summed E-state index contributed by atoms with van der Waals surface area (Å²) in [6.07, 6.45) is 0.936. The number of benzene rings is 2. The van der Waals surface area contributed by atoms with E-state index in [0.717, 1.165) is 23.6 Å². The van der Waals surface area contributed by atoms with Crippen LogP contribution in [0, 0.1) is 0 Å². The lowest BCUT2D eigenvalue weighted by Crippen LogP contribution is -1.97. The van der Waals surface area contributed by atoms with Crippen LogP contribution < -0.4 is 5.32 Å². The molecule has 106 valence electrons. The third-order valence-electron chi connectivity index (χ3n) is 3.52. The molecule has 0 aliphatic heterocycles. The van der Waals surface area contributed by atoms with Crippen LogP contribution in [0.1, 0.15) is 18.4 Å². The van der Waals surface area contributed by atoms with Gasteiger partial charge in [0.2, 0.25) is 0 Å². The Morgan fingerprint density at radius 2 is 1.43 bits per heavy atom. The molecule has 0 spiro atoms. The first-order valence-electron chi connectivity index (χ1n) is 7.32. The molecule has 0 amide bonds. The molecule has 0 aliphatic rings. The summed E-state index contributed by atoms with van der Waals surface area (Å²) >= 11 is 0. The van der Waals surface area contributed by atoms with Crippen molar-refractivity contribution in [1.82, 2.24) is 0 Å². The highest BCUT2D eigenvalue weighted by atomic mass is 16.3. The maximum Gasteiger partial charge on any atom is 0.123 e. The van der Waals surface area contributed by atoms with Crippen LogP contribution in [0.3, 0.4) is 0 Å². The number of anilines is 1. The van der Waals surface area contributed by atoms with Crippen molar-refractivity contribution in [2.45, 2.75) is 19.9 Å². The van der Waals surface area contributed by atoms with E-state index in [2.05, 4.69) is 60.8 Å². The van der Waals surface area contributed by atoms with Crippen molar-refractivity contribution in [1.29, 1.82) is 0 Å². The summed E-state index contributed by atoms with van der Waals surface area (Å²) in [5.74, 6) is 2.00. The second-order valence-electron chi connectivity index (χ2n) is 5.02. The van der Waals surface area contributed by atoms with E-state index in [1.54, 1.807) is 0 Å². The molecule has 0 fully saturated rings. The summed E-state index contributed by atoms with van der Waals surface area (Å²) < 4.78 is 5.69. The van der Waals surface area contributed by atoms with Crippen LogP contribution in [-0.4, -0.2) is 0 Å². The molecule has 2 aromatic carbocycles. The molecule has 0 aliphatic carbocycles. The Kier molecular flexibility index (Phi) is 4.06. The summed E-state index contributed by atoms with van der Waals surface area (Å²) in [4.78, 5) is 0. The standard InChI is InChI=1S/C19H19NO/c1-2-18-12-13-19(21-18)14-20-17-10-8-16(9-11-17)15-6-4-3-5-7-15/h3-13,20H,2,14H2,1H3. The zero-order chi connectivity index (χ0) is 14.5. The van der Waals surface area contributed by atoms with Crippen molar-refractivity contribution in [2.24, 2.45) is 0 Å². The van der Waals surface area contributed by atoms with E-state index in [4.69, 9.17) is 4.42 Å². The minimum atomic E-state index is 0.713. The molecule has 1 aromatic heterocycles. The van der Waals surface area contributed by atoms with Gasteiger partial charge in [-0.2, -0.15) is 0 Å². The number of hydrogen-bond donors (Lipinski definition) is 1. The van der Waals surface area contributed by atoms with Gasteiger partial charge in [-0.3, -0.25) is 0 Å². The number of nitrogens with one attached hydrogen (secondary N) is 1. The van der Waals surface area contributed by atoms with E-state index in [1.807, 2.05) is 18.2 Å². The topological polar surface area (TPSA) is 25.2 Å². The van der Waals surface area contributed by atoms with Gasteiger partial charge in [0.15, 0.2) is 0 Å². The Bertz CT molecular complexity index is 683. The van der Waals surface area contributed by atoms with Crippen LogP contribution in [0.15, 0.2) is 71.1 Å². The normalized spacial score (nSPS) is 10.5. The first kappa shape index (κ1) is 13.5. The lowest BCUT2D eigenvalue weighted by Gasteiger charge is -2.06. The number of hydrogen-bond acceptors (Lipinski definition) is 2. The molecule has 0 saturated carbocycles. The predicted molar refractivity (Wildman–Crippen MR) is 87.3 cm³/mol. The average molecular weight is 277 g/mol. The molecule has 2 heteroatoms. The second kappa shape index (κ2) is 6.31. The van der Waals surface area contributed by atoms with Crippen LogP contribution in [0.5, 0.6) is 0 Å². The van der Waals surface area contributed by atoms with Crippen LogP contribution in [0.2, 0.25) is 0 Å². The van der Waals surface area contributed by atoms with Gasteiger partial charge in [-0.05, 0) is 35.4 Å². The van der Waals surface area contributed by atoms with Gasteiger partial charge >= 0.3 is 0 Å². The molecule has 2 nitrogen and oxygen atoms in total. The van der Waals surface area contributed by atoms with Crippen molar-refractivity contribution in [3.8, 4) is 11.1 Å². The summed E-state index contributed by atoms with van der Waals surface area (Å²) in [6.45, 7) is 2.81. The van der Waals surface area contributed by atoms with E-state index in [9.17, 15) is 0 Å². The summed E-state index contributed by atoms with van der Waals surface area (Å²) in [7, 11) is 0. The molecule has 3 rings (SSSR count). The molecule has 0 bridgehead atoms. The third-order valence-corrected chi connectivity index (χ3v) is 3.52. The Labute approximate surface area is 125 Å². The van der Waals surface area contributed by atoms with Crippen LogP contribution >= 0.6 is 0 Å². The minimum absolute atomic E-state index is 0.713. The lowest BCUT2D eigenvalue weighted by atomic mass is 10.1. The van der Waals surface area contributed by atoms with E-state index < -0.39 is 0 Å². The second-order valence-corrected chi connectivity index (χ2v) is 5.02. The van der Waals surface area contributed by atoms with Gasteiger partial charge in [0, 0.05) is 12.1 Å². The molecular weight excluding hydrogens is 258 g/mol. The number of aryl methyl sites for hydroxylation is 1. The Morgan fingerprint density at radius 3 is 2.10 bits per heavy atom. The van der Waals surface area contributed by atoms with Gasteiger partial charge in [0.05, 0.1) is 6.54 Å². The largest absolute Gasteiger partial charge is 0.464 e. The molecule has 0 atom stereocenters. The summed E-state index contributed by atoms with van der Waals surface area (Å²) in [5.41, 5.74) is 3.57. The van der Waals surface area contributed by atoms with Crippen molar-refractivity contribution in [2.75, 3.05) is 5.32 Å². The molecule has 3 aromatic rings. The fourth-order valence-corrected chi connectivity index (χ4v) is 2.31. The average Bonchev–Trinajstić information content (AvgIpc) is 3.02. The van der Waals surface area contributed by atoms with Gasteiger partial charge in [0.25, 0.3) is 0 Å². The van der Waals surface area contributed by atoms with Gasteiger partial charge in [-0.25, -0.2) is 0 Å². The van der Waals surface area contributed by atoms with Crippen LogP contribution in [0.25, 0.3) is 11.1 Å². The maximum atomic E-state index is 5.69. The van der Waals surface area contributed by atoms with Crippen molar-refractivity contribution >= 4 is 5.69 Å². The molecule has 1 heterocycles. The monoisotopic (exact) mass is 277 g/mol. The van der Waals surface area contributed by atoms with Crippen molar-refractivity contribution in [3.63, 3.8) is 0 Å². The fourth-order valence-electron chi connectivity index (χ4n) is 2.31. The lowest BCUT2D eigenvalue weighted by molar-refractivity contribution is 0.476. The summed E-state index contributed by atoms with van der Waals surface area (Å²) in [5, 5.41) is 3.38. The molecule has 21 heavy (non-hydrogen) atoms. The zero-order valence-corrected chi connectivity index (χ0v) is 12.2. The van der Waals surface area contributed by atoms with Crippen LogP contribution in [-0.2, 0) is 13.0 Å². The van der Waals surface area contributed by atoms with Gasteiger partial charge in [0.1, 0.15) is 11.5 Å². The molecular formula is C19H19NO. The molecule has 0 saturated heterocycles. The molecule has 0 unspecified atom stereocenters. The smallest absolute Gasteiger partial charge is 0.123 e. The maximum absolute atomic E-state index is 5.69. The van der Waals surface area contributed by atoms with Gasteiger partial charge < -0.3 is 9.73 Å². The Balaban J connectivity index is 1.64. The zero-order valence-electron chi connectivity index (χ0n) is 12.2. The number of furan rings is 1. The van der Waals surface area contributed by atoms with Gasteiger partial charge in [-0.1, -0.05) is 49.4 Å². The van der Waals surface area contributed by atoms with Gasteiger partial charge in [-0.15, -0.1) is 0 Å². The summed E-state index contributed by atoms with van der Waals surface area (Å²) in [6, 6.07) is 22.9. The Morgan fingerprint density at radius 1 is 0.762 bits per heavy atom. The SMILES string of the molecule is CCc1ccc(CNc2ccc(-c3ccccc3)cc2)o1. The van der Waals surface area contributed by atoms with E-state index in [-0.39, 0.29) is 0 Å². The highest BCUT2D eigenvalue weighted by Gasteiger charge is 2.01. The highest BCUT2D eigenvalue weighted by Crippen LogP contribution is 2.21.